The summed E-state index contributed by atoms with van der Waals surface area (Å²) in [6.45, 7) is 3.79. The van der Waals surface area contributed by atoms with Crippen molar-refractivity contribution in [1.82, 2.24) is 10.2 Å². The lowest BCUT2D eigenvalue weighted by molar-refractivity contribution is 0.0475. The van der Waals surface area contributed by atoms with E-state index in [0.29, 0.717) is 5.56 Å². The van der Waals surface area contributed by atoms with Crippen LogP contribution in [0.25, 0.3) is 0 Å². The van der Waals surface area contributed by atoms with E-state index in [1.165, 1.54) is 11.8 Å². The fourth-order valence-electron chi connectivity index (χ4n) is 1.45. The molecule has 1 aromatic heterocycles. The highest BCUT2D eigenvalue weighted by atomic mass is 32.2. The number of hydrogen-bond acceptors (Lipinski definition) is 7. The lowest BCUT2D eigenvalue weighted by Gasteiger charge is -2.00. The number of esters is 1. The maximum Gasteiger partial charge on any atom is 0.396 e. The van der Waals surface area contributed by atoms with Gasteiger partial charge in [0.25, 0.3) is 5.22 Å². The summed E-state index contributed by atoms with van der Waals surface area (Å²) in [5, 5.41) is 16.5. The van der Waals surface area contributed by atoms with Gasteiger partial charge >= 0.3 is 11.9 Å². The fraction of sp³-hybridized carbons (Fsp3) is 0.231. The topological polar surface area (TPSA) is 89.0 Å². The summed E-state index contributed by atoms with van der Waals surface area (Å²) in [6.07, 6.45) is 0. The maximum atomic E-state index is 11.4. The van der Waals surface area contributed by atoms with Crippen molar-refractivity contribution < 1.29 is 13.9 Å². The molecule has 7 heteroatoms. The van der Waals surface area contributed by atoms with Gasteiger partial charge in [0, 0.05) is 4.90 Å². The van der Waals surface area contributed by atoms with Gasteiger partial charge in [-0.1, -0.05) is 5.10 Å². The zero-order valence-electron chi connectivity index (χ0n) is 10.9. The molecule has 0 radical (unpaired) electrons. The van der Waals surface area contributed by atoms with Crippen molar-refractivity contribution in [3.8, 4) is 6.07 Å². The summed E-state index contributed by atoms with van der Waals surface area (Å²) in [4.78, 5) is 12.2. The van der Waals surface area contributed by atoms with Crippen LogP contribution in [-0.2, 0) is 4.74 Å². The number of rotatable bonds is 4. The third-order valence-electron chi connectivity index (χ3n) is 2.38. The SMILES string of the molecule is CCOC(=O)c1nnc(Sc2ccc(C#N)c(C)c2)o1. The quantitative estimate of drug-likeness (QED) is 0.799. The average molecular weight is 289 g/mol. The van der Waals surface area contributed by atoms with E-state index in [1.807, 2.05) is 13.0 Å². The molecule has 0 saturated heterocycles. The first-order valence-corrected chi connectivity index (χ1v) is 6.65. The van der Waals surface area contributed by atoms with Crippen LogP contribution in [0.3, 0.4) is 0 Å². The summed E-state index contributed by atoms with van der Waals surface area (Å²) in [6, 6.07) is 7.45. The van der Waals surface area contributed by atoms with Crippen molar-refractivity contribution in [2.45, 2.75) is 24.0 Å². The fourth-order valence-corrected chi connectivity index (χ4v) is 2.23. The standard InChI is InChI=1S/C13H11N3O3S/c1-3-18-12(17)11-15-16-13(19-11)20-10-5-4-9(7-14)8(2)6-10/h4-6H,3H2,1-2H3. The normalized spacial score (nSPS) is 10.1. The molecule has 2 rings (SSSR count). The Morgan fingerprint density at radius 3 is 2.95 bits per heavy atom. The Morgan fingerprint density at radius 1 is 1.50 bits per heavy atom. The number of aromatic nitrogens is 2. The summed E-state index contributed by atoms with van der Waals surface area (Å²) < 4.78 is 9.96. The van der Waals surface area contributed by atoms with Gasteiger partial charge in [-0.3, -0.25) is 0 Å². The second-order valence-electron chi connectivity index (χ2n) is 3.78. The van der Waals surface area contributed by atoms with Crippen LogP contribution in [0.4, 0.5) is 0 Å². The number of ether oxygens (including phenoxy) is 1. The largest absolute Gasteiger partial charge is 0.459 e. The Labute approximate surface area is 119 Å². The number of nitriles is 1. The molecule has 0 saturated carbocycles. The van der Waals surface area contributed by atoms with Crippen molar-refractivity contribution in [2.75, 3.05) is 6.61 Å². The number of benzene rings is 1. The molecular weight excluding hydrogens is 278 g/mol. The highest BCUT2D eigenvalue weighted by Gasteiger charge is 2.16. The summed E-state index contributed by atoms with van der Waals surface area (Å²) >= 11 is 1.22. The Bertz CT molecular complexity index is 676. The first-order valence-electron chi connectivity index (χ1n) is 5.83. The van der Waals surface area contributed by atoms with Gasteiger partial charge < -0.3 is 9.15 Å². The molecule has 0 amide bonds. The molecule has 2 aromatic rings. The van der Waals surface area contributed by atoms with E-state index in [2.05, 4.69) is 16.3 Å². The molecule has 0 N–H and O–H groups in total. The van der Waals surface area contributed by atoms with Gasteiger partial charge in [-0.2, -0.15) is 5.26 Å². The molecule has 0 spiro atoms. The first kappa shape index (κ1) is 14.1. The first-order chi connectivity index (χ1) is 9.63. The van der Waals surface area contributed by atoms with E-state index >= 15 is 0 Å². The van der Waals surface area contributed by atoms with Gasteiger partial charge in [0.1, 0.15) is 0 Å². The molecule has 0 aliphatic carbocycles. The molecule has 0 unspecified atom stereocenters. The molecular formula is C13H11N3O3S. The van der Waals surface area contributed by atoms with Crippen molar-refractivity contribution >= 4 is 17.7 Å². The van der Waals surface area contributed by atoms with Crippen molar-refractivity contribution in [2.24, 2.45) is 0 Å². The minimum Gasteiger partial charge on any atom is -0.459 e. The monoisotopic (exact) mass is 289 g/mol. The third kappa shape index (κ3) is 3.16. The molecule has 1 aromatic carbocycles. The zero-order valence-corrected chi connectivity index (χ0v) is 11.7. The second kappa shape index (κ2) is 6.21. The Hall–Kier alpha value is -2.33. The number of nitrogens with zero attached hydrogens (tertiary/aromatic N) is 3. The lowest BCUT2D eigenvalue weighted by Crippen LogP contribution is -2.04. The smallest absolute Gasteiger partial charge is 0.396 e. The van der Waals surface area contributed by atoms with Crippen LogP contribution in [-0.4, -0.2) is 22.8 Å². The highest BCUT2D eigenvalue weighted by Crippen LogP contribution is 2.28. The Kier molecular flexibility index (Phi) is 4.38. The van der Waals surface area contributed by atoms with E-state index < -0.39 is 5.97 Å². The molecule has 0 aliphatic heterocycles. The predicted molar refractivity (Wildman–Crippen MR) is 70.3 cm³/mol. The summed E-state index contributed by atoms with van der Waals surface area (Å²) in [5.74, 6) is -0.803. The Morgan fingerprint density at radius 2 is 2.30 bits per heavy atom. The van der Waals surface area contributed by atoms with E-state index in [4.69, 9.17) is 14.4 Å². The van der Waals surface area contributed by atoms with Gasteiger partial charge in [-0.05, 0) is 49.4 Å². The number of hydrogen-bond donors (Lipinski definition) is 0. The van der Waals surface area contributed by atoms with Gasteiger partial charge in [0.05, 0.1) is 18.2 Å². The van der Waals surface area contributed by atoms with E-state index in [1.54, 1.807) is 19.1 Å². The molecule has 0 bridgehead atoms. The van der Waals surface area contributed by atoms with E-state index in [9.17, 15) is 4.79 Å². The highest BCUT2D eigenvalue weighted by molar-refractivity contribution is 7.99. The average Bonchev–Trinajstić information content (AvgIpc) is 2.88. The van der Waals surface area contributed by atoms with Crippen LogP contribution >= 0.6 is 11.8 Å². The van der Waals surface area contributed by atoms with Crippen LogP contribution in [0.2, 0.25) is 0 Å². The van der Waals surface area contributed by atoms with Crippen molar-refractivity contribution in [3.63, 3.8) is 0 Å². The van der Waals surface area contributed by atoms with E-state index in [0.717, 1.165) is 10.5 Å². The molecule has 6 nitrogen and oxygen atoms in total. The molecule has 0 fully saturated rings. The van der Waals surface area contributed by atoms with Crippen molar-refractivity contribution in [3.05, 3.63) is 35.2 Å². The predicted octanol–water partition coefficient (Wildman–Crippen LogP) is 2.58. The molecule has 1 heterocycles. The van der Waals surface area contributed by atoms with Gasteiger partial charge in [0.2, 0.25) is 0 Å². The Balaban J connectivity index is 2.13. The van der Waals surface area contributed by atoms with Crippen molar-refractivity contribution in [1.29, 1.82) is 5.26 Å². The molecule has 0 aliphatic rings. The number of carbonyl (C=O) groups excluding carboxylic acids is 1. The maximum absolute atomic E-state index is 11.4. The minimum absolute atomic E-state index is 0.167. The van der Waals surface area contributed by atoms with Gasteiger partial charge in [-0.15, -0.1) is 5.10 Å². The summed E-state index contributed by atoms with van der Waals surface area (Å²) in [7, 11) is 0. The number of carbonyl (C=O) groups is 1. The molecule has 102 valence electrons. The van der Waals surface area contributed by atoms with E-state index in [-0.39, 0.29) is 17.7 Å². The molecule has 20 heavy (non-hydrogen) atoms. The van der Waals surface area contributed by atoms with Crippen LogP contribution < -0.4 is 0 Å². The minimum atomic E-state index is -0.636. The van der Waals surface area contributed by atoms with Gasteiger partial charge in [-0.25, -0.2) is 4.79 Å². The third-order valence-corrected chi connectivity index (χ3v) is 3.21. The zero-order chi connectivity index (χ0) is 14.5. The van der Waals surface area contributed by atoms with Crippen LogP contribution in [0.5, 0.6) is 0 Å². The van der Waals surface area contributed by atoms with Crippen LogP contribution in [0.15, 0.2) is 32.7 Å². The molecule has 0 atom stereocenters. The van der Waals surface area contributed by atoms with Crippen LogP contribution in [0.1, 0.15) is 28.7 Å². The lowest BCUT2D eigenvalue weighted by atomic mass is 10.1. The van der Waals surface area contributed by atoms with Crippen LogP contribution in [0, 0.1) is 18.3 Å². The number of aryl methyl sites for hydroxylation is 1. The van der Waals surface area contributed by atoms with Gasteiger partial charge in [0.15, 0.2) is 0 Å². The second-order valence-corrected chi connectivity index (χ2v) is 4.81. The summed E-state index contributed by atoms with van der Waals surface area (Å²) in [5.41, 5.74) is 1.48.